The SMILES string of the molecule is CC1(S)C=Cc2n[nH]nc2C=C1. The number of hydrogen-bond acceptors (Lipinski definition) is 3. The highest BCUT2D eigenvalue weighted by Crippen LogP contribution is 2.23. The monoisotopic (exact) mass is 179 g/mol. The largest absolute Gasteiger partial charge is 0.197 e. The van der Waals surface area contributed by atoms with Gasteiger partial charge in [-0.25, -0.2) is 0 Å². The summed E-state index contributed by atoms with van der Waals surface area (Å²) in [7, 11) is 0. The first-order chi connectivity index (χ1) is 5.67. The van der Waals surface area contributed by atoms with Crippen LogP contribution in [0.15, 0.2) is 12.2 Å². The Hall–Kier alpha value is -1.03. The molecule has 0 atom stereocenters. The van der Waals surface area contributed by atoms with Crippen molar-refractivity contribution < 1.29 is 0 Å². The van der Waals surface area contributed by atoms with Gasteiger partial charge in [0.1, 0.15) is 11.4 Å². The van der Waals surface area contributed by atoms with Crippen molar-refractivity contribution in [3.05, 3.63) is 23.5 Å². The van der Waals surface area contributed by atoms with Gasteiger partial charge in [-0.2, -0.15) is 28.0 Å². The van der Waals surface area contributed by atoms with E-state index in [2.05, 4.69) is 28.0 Å². The molecule has 0 saturated carbocycles. The number of H-pyrrole nitrogens is 1. The van der Waals surface area contributed by atoms with E-state index in [1.807, 2.05) is 31.2 Å². The Morgan fingerprint density at radius 1 is 1.25 bits per heavy atom. The third-order valence-electron chi connectivity index (χ3n) is 1.76. The Labute approximate surface area is 76.0 Å². The van der Waals surface area contributed by atoms with Crippen molar-refractivity contribution >= 4 is 24.8 Å². The van der Waals surface area contributed by atoms with Gasteiger partial charge in [-0.15, -0.1) is 0 Å². The molecule has 0 unspecified atom stereocenters. The fourth-order valence-electron chi connectivity index (χ4n) is 1.04. The zero-order valence-electron chi connectivity index (χ0n) is 6.65. The van der Waals surface area contributed by atoms with E-state index >= 15 is 0 Å². The minimum atomic E-state index is -0.199. The third-order valence-corrected chi connectivity index (χ3v) is 2.06. The van der Waals surface area contributed by atoms with E-state index in [-0.39, 0.29) is 4.75 Å². The predicted octanol–water partition coefficient (Wildman–Crippen LogP) is 1.53. The summed E-state index contributed by atoms with van der Waals surface area (Å²) in [6, 6.07) is 0. The lowest BCUT2D eigenvalue weighted by molar-refractivity contribution is 0.932. The van der Waals surface area contributed by atoms with Crippen molar-refractivity contribution in [2.75, 3.05) is 0 Å². The number of hydrogen-bond donors (Lipinski definition) is 2. The predicted molar refractivity (Wildman–Crippen MR) is 51.8 cm³/mol. The number of thiol groups is 1. The van der Waals surface area contributed by atoms with Crippen LogP contribution in [0.5, 0.6) is 0 Å². The molecule has 62 valence electrons. The molecule has 12 heavy (non-hydrogen) atoms. The van der Waals surface area contributed by atoms with Crippen LogP contribution < -0.4 is 0 Å². The molecule has 1 aromatic heterocycles. The molecular formula is C8H9N3S. The Morgan fingerprint density at radius 3 is 2.25 bits per heavy atom. The summed E-state index contributed by atoms with van der Waals surface area (Å²) < 4.78 is -0.199. The Balaban J connectivity index is 2.49. The molecule has 3 nitrogen and oxygen atoms in total. The molecule has 2 rings (SSSR count). The summed E-state index contributed by atoms with van der Waals surface area (Å²) in [5.41, 5.74) is 1.73. The molecule has 4 heteroatoms. The number of fused-ring (bicyclic) bond motifs is 1. The van der Waals surface area contributed by atoms with E-state index in [0.29, 0.717) is 0 Å². The second-order valence-electron chi connectivity index (χ2n) is 2.99. The van der Waals surface area contributed by atoms with Gasteiger partial charge in [0.05, 0.1) is 0 Å². The van der Waals surface area contributed by atoms with E-state index in [1.165, 1.54) is 0 Å². The Bertz CT molecular complexity index is 318. The highest BCUT2D eigenvalue weighted by Gasteiger charge is 2.14. The molecule has 1 aromatic rings. The van der Waals surface area contributed by atoms with Gasteiger partial charge in [-0.3, -0.25) is 0 Å². The Kier molecular flexibility index (Phi) is 1.58. The van der Waals surface area contributed by atoms with Crippen LogP contribution in [0, 0.1) is 0 Å². The van der Waals surface area contributed by atoms with E-state index in [0.717, 1.165) is 11.4 Å². The minimum absolute atomic E-state index is 0.199. The molecule has 0 spiro atoms. The fourth-order valence-corrected chi connectivity index (χ4v) is 1.19. The fraction of sp³-hybridized carbons (Fsp3) is 0.250. The smallest absolute Gasteiger partial charge is 0.112 e. The van der Waals surface area contributed by atoms with Crippen molar-refractivity contribution in [1.82, 2.24) is 15.4 Å². The first-order valence-corrected chi connectivity index (χ1v) is 4.14. The maximum absolute atomic E-state index is 4.43. The van der Waals surface area contributed by atoms with Gasteiger partial charge < -0.3 is 0 Å². The molecule has 1 aliphatic carbocycles. The maximum atomic E-state index is 4.43. The zero-order valence-corrected chi connectivity index (χ0v) is 7.55. The summed E-state index contributed by atoms with van der Waals surface area (Å²) in [5.74, 6) is 0. The van der Waals surface area contributed by atoms with Gasteiger partial charge >= 0.3 is 0 Å². The molecule has 0 radical (unpaired) electrons. The van der Waals surface area contributed by atoms with Crippen molar-refractivity contribution in [3.63, 3.8) is 0 Å². The normalized spacial score (nSPS) is 18.8. The van der Waals surface area contributed by atoms with Crippen LogP contribution in [0.3, 0.4) is 0 Å². The van der Waals surface area contributed by atoms with E-state index in [9.17, 15) is 0 Å². The average Bonchev–Trinajstić information content (AvgIpc) is 2.40. The second-order valence-corrected chi connectivity index (χ2v) is 3.95. The maximum Gasteiger partial charge on any atom is 0.112 e. The van der Waals surface area contributed by atoms with Gasteiger partial charge in [-0.05, 0) is 19.1 Å². The molecule has 0 fully saturated rings. The summed E-state index contributed by atoms with van der Waals surface area (Å²) in [4.78, 5) is 0. The summed E-state index contributed by atoms with van der Waals surface area (Å²) in [6.07, 6.45) is 7.82. The van der Waals surface area contributed by atoms with Gasteiger partial charge in [-0.1, -0.05) is 12.2 Å². The van der Waals surface area contributed by atoms with E-state index in [1.54, 1.807) is 0 Å². The van der Waals surface area contributed by atoms with Crippen LogP contribution >= 0.6 is 12.6 Å². The van der Waals surface area contributed by atoms with Crippen LogP contribution in [-0.2, 0) is 0 Å². The lowest BCUT2D eigenvalue weighted by Gasteiger charge is -2.10. The van der Waals surface area contributed by atoms with E-state index < -0.39 is 0 Å². The zero-order chi connectivity index (χ0) is 8.60. The number of aromatic nitrogens is 3. The molecule has 1 aliphatic rings. The first kappa shape index (κ1) is 7.61. The molecule has 1 N–H and O–H groups in total. The van der Waals surface area contributed by atoms with Crippen molar-refractivity contribution in [2.24, 2.45) is 0 Å². The van der Waals surface area contributed by atoms with Crippen molar-refractivity contribution in [2.45, 2.75) is 11.7 Å². The average molecular weight is 179 g/mol. The summed E-state index contributed by atoms with van der Waals surface area (Å²) in [6.45, 7) is 2.01. The topological polar surface area (TPSA) is 41.6 Å². The Morgan fingerprint density at radius 2 is 1.75 bits per heavy atom. The molecule has 0 aromatic carbocycles. The summed E-state index contributed by atoms with van der Waals surface area (Å²) >= 11 is 4.43. The standard InChI is InChI=1S/C8H9N3S/c1-8(12)4-2-6-7(3-5-8)10-11-9-6/h2-5,12H,1H3,(H,9,10,11). The number of rotatable bonds is 0. The van der Waals surface area contributed by atoms with Crippen molar-refractivity contribution in [1.29, 1.82) is 0 Å². The van der Waals surface area contributed by atoms with Gasteiger partial charge in [0.15, 0.2) is 0 Å². The lowest BCUT2D eigenvalue weighted by Crippen LogP contribution is -2.06. The minimum Gasteiger partial charge on any atom is -0.197 e. The van der Waals surface area contributed by atoms with Gasteiger partial charge in [0.25, 0.3) is 0 Å². The molecular weight excluding hydrogens is 170 g/mol. The van der Waals surface area contributed by atoms with Crippen LogP contribution in [0.1, 0.15) is 18.3 Å². The number of nitrogens with zero attached hydrogens (tertiary/aromatic N) is 2. The molecule has 0 amide bonds. The highest BCUT2D eigenvalue weighted by atomic mass is 32.1. The van der Waals surface area contributed by atoms with Crippen LogP contribution in [0.2, 0.25) is 0 Å². The number of aromatic amines is 1. The summed E-state index contributed by atoms with van der Waals surface area (Å²) in [5, 5.41) is 10.5. The molecule has 0 saturated heterocycles. The molecule has 0 aliphatic heterocycles. The van der Waals surface area contributed by atoms with Crippen LogP contribution in [0.4, 0.5) is 0 Å². The van der Waals surface area contributed by atoms with Gasteiger partial charge in [0.2, 0.25) is 0 Å². The number of nitrogens with one attached hydrogen (secondary N) is 1. The van der Waals surface area contributed by atoms with Gasteiger partial charge in [0, 0.05) is 4.75 Å². The molecule has 1 heterocycles. The quantitative estimate of drug-likeness (QED) is 0.593. The second kappa shape index (κ2) is 2.48. The van der Waals surface area contributed by atoms with Crippen LogP contribution in [0.25, 0.3) is 12.2 Å². The third kappa shape index (κ3) is 1.30. The molecule has 0 bridgehead atoms. The van der Waals surface area contributed by atoms with Crippen LogP contribution in [-0.4, -0.2) is 20.2 Å². The van der Waals surface area contributed by atoms with Crippen molar-refractivity contribution in [3.8, 4) is 0 Å². The first-order valence-electron chi connectivity index (χ1n) is 3.69. The van der Waals surface area contributed by atoms with E-state index in [4.69, 9.17) is 0 Å². The lowest BCUT2D eigenvalue weighted by atomic mass is 10.1. The highest BCUT2D eigenvalue weighted by molar-refractivity contribution is 7.82.